The Morgan fingerprint density at radius 1 is 1.11 bits per heavy atom. The largest absolute Gasteiger partial charge is 0.496 e. The molecule has 1 aliphatic rings. The van der Waals surface area contributed by atoms with Crippen molar-refractivity contribution in [1.29, 1.82) is 0 Å². The number of methoxy groups -OCH3 is 1. The highest BCUT2D eigenvalue weighted by Gasteiger charge is 2.28. The molecule has 1 aromatic heterocycles. The highest BCUT2D eigenvalue weighted by atomic mass is 16.7. The Bertz CT molecular complexity index is 1030. The average Bonchev–Trinajstić information content (AvgIpc) is 2.85. The lowest BCUT2D eigenvalue weighted by Gasteiger charge is -2.33. The van der Waals surface area contributed by atoms with Gasteiger partial charge in [0.25, 0.3) is 5.91 Å². The van der Waals surface area contributed by atoms with Gasteiger partial charge < -0.3 is 19.1 Å². The molecule has 2 heterocycles. The van der Waals surface area contributed by atoms with Crippen LogP contribution in [-0.2, 0) is 16.2 Å². The molecule has 0 radical (unpaired) electrons. The Hall–Kier alpha value is -3.33. The fourth-order valence-electron chi connectivity index (χ4n) is 3.84. The molecule has 0 aliphatic carbocycles. The number of rotatable bonds is 7. The maximum atomic E-state index is 12.3. The number of aromatic nitrogens is 1. The van der Waals surface area contributed by atoms with Gasteiger partial charge in [-0.05, 0) is 51.8 Å². The molecule has 0 spiro atoms. The van der Waals surface area contributed by atoms with E-state index in [0.717, 1.165) is 29.2 Å². The van der Waals surface area contributed by atoms with Gasteiger partial charge in [-0.3, -0.25) is 9.63 Å². The number of carbonyl (C=O) groups is 2. The van der Waals surface area contributed by atoms with Crippen molar-refractivity contribution in [2.45, 2.75) is 51.7 Å². The Morgan fingerprint density at radius 2 is 1.83 bits per heavy atom. The minimum atomic E-state index is -0.500. The van der Waals surface area contributed by atoms with Crippen LogP contribution in [0.15, 0.2) is 36.4 Å². The Labute approximate surface area is 206 Å². The third-order valence-corrected chi connectivity index (χ3v) is 5.78. The Kier molecular flexibility index (Phi) is 8.56. The van der Waals surface area contributed by atoms with Gasteiger partial charge in [0.2, 0.25) is 5.88 Å². The normalized spacial score (nSPS) is 14.4. The van der Waals surface area contributed by atoms with Crippen LogP contribution < -0.4 is 9.47 Å². The van der Waals surface area contributed by atoms with E-state index in [1.165, 1.54) is 7.11 Å². The molecule has 3 rings (SSSR count). The van der Waals surface area contributed by atoms with E-state index in [2.05, 4.69) is 0 Å². The van der Waals surface area contributed by atoms with Crippen molar-refractivity contribution in [2.24, 2.45) is 0 Å². The zero-order valence-corrected chi connectivity index (χ0v) is 21.4. The summed E-state index contributed by atoms with van der Waals surface area (Å²) in [6.07, 6.45) is 1.36. The van der Waals surface area contributed by atoms with Crippen molar-refractivity contribution < 1.29 is 28.6 Å². The summed E-state index contributed by atoms with van der Waals surface area (Å²) in [6, 6.07) is 10.9. The van der Waals surface area contributed by atoms with Gasteiger partial charge in [-0.2, -0.15) is 0 Å². The molecule has 1 fully saturated rings. The van der Waals surface area contributed by atoms with E-state index >= 15 is 0 Å². The highest BCUT2D eigenvalue weighted by Crippen LogP contribution is 2.29. The first-order chi connectivity index (χ1) is 16.6. The molecule has 190 valence electrons. The predicted octanol–water partition coefficient (Wildman–Crippen LogP) is 4.42. The van der Waals surface area contributed by atoms with Crippen LogP contribution in [0.2, 0.25) is 0 Å². The number of pyridine rings is 1. The van der Waals surface area contributed by atoms with Gasteiger partial charge >= 0.3 is 6.09 Å². The Balaban J connectivity index is 1.60. The number of benzene rings is 1. The molecule has 0 unspecified atom stereocenters. The summed E-state index contributed by atoms with van der Waals surface area (Å²) in [5, 5.41) is 1.15. The first-order valence-electron chi connectivity index (χ1n) is 11.7. The van der Waals surface area contributed by atoms with E-state index in [9.17, 15) is 9.59 Å². The van der Waals surface area contributed by atoms with Crippen LogP contribution in [0.25, 0.3) is 0 Å². The molecule has 2 amide bonds. The van der Waals surface area contributed by atoms with Gasteiger partial charge in [-0.1, -0.05) is 12.1 Å². The van der Waals surface area contributed by atoms with Crippen molar-refractivity contribution in [1.82, 2.24) is 14.9 Å². The number of likely N-dealkylation sites (tertiary alicyclic amines) is 1. The fraction of sp³-hybridized carbons (Fsp3) is 0.500. The topological polar surface area (TPSA) is 90.4 Å². The smallest absolute Gasteiger partial charge is 0.410 e. The summed E-state index contributed by atoms with van der Waals surface area (Å²) in [4.78, 5) is 36.1. The van der Waals surface area contributed by atoms with Gasteiger partial charge in [0.05, 0.1) is 14.2 Å². The molecule has 1 aliphatic heterocycles. The van der Waals surface area contributed by atoms with Crippen molar-refractivity contribution in [3.05, 3.63) is 53.2 Å². The number of hydrogen-bond donors (Lipinski definition) is 0. The summed E-state index contributed by atoms with van der Waals surface area (Å²) in [6.45, 7) is 7.12. The minimum Gasteiger partial charge on any atom is -0.496 e. The van der Waals surface area contributed by atoms with Crippen molar-refractivity contribution in [3.63, 3.8) is 0 Å². The average molecular weight is 486 g/mol. The molecule has 0 saturated carbocycles. The number of carbonyl (C=O) groups excluding carboxylic acids is 2. The first-order valence-corrected chi connectivity index (χ1v) is 11.7. The third kappa shape index (κ3) is 7.08. The summed E-state index contributed by atoms with van der Waals surface area (Å²) < 4.78 is 16.9. The fourth-order valence-corrected chi connectivity index (χ4v) is 3.84. The van der Waals surface area contributed by atoms with Crippen molar-refractivity contribution in [3.8, 4) is 11.6 Å². The van der Waals surface area contributed by atoms with E-state index < -0.39 is 5.60 Å². The van der Waals surface area contributed by atoms with E-state index in [4.69, 9.17) is 24.0 Å². The first kappa shape index (κ1) is 26.3. The van der Waals surface area contributed by atoms with Gasteiger partial charge in [0.1, 0.15) is 18.0 Å². The zero-order valence-electron chi connectivity index (χ0n) is 21.4. The van der Waals surface area contributed by atoms with Gasteiger partial charge in [-0.15, -0.1) is 0 Å². The van der Waals surface area contributed by atoms with Gasteiger partial charge in [0, 0.05) is 48.9 Å². The number of hydrogen-bond acceptors (Lipinski definition) is 7. The Morgan fingerprint density at radius 3 is 2.46 bits per heavy atom. The molecule has 9 nitrogen and oxygen atoms in total. The van der Waals surface area contributed by atoms with Crippen LogP contribution in [-0.4, -0.2) is 66.9 Å². The monoisotopic (exact) mass is 485 g/mol. The molecule has 35 heavy (non-hydrogen) atoms. The second-order valence-corrected chi connectivity index (χ2v) is 9.44. The summed E-state index contributed by atoms with van der Waals surface area (Å²) in [5.41, 5.74) is 1.69. The van der Waals surface area contributed by atoms with Crippen LogP contribution in [0.1, 0.15) is 61.1 Å². The third-order valence-electron chi connectivity index (χ3n) is 5.78. The molecular weight excluding hydrogens is 450 g/mol. The number of piperidine rings is 1. The van der Waals surface area contributed by atoms with Crippen LogP contribution in [0.5, 0.6) is 11.6 Å². The van der Waals surface area contributed by atoms with E-state index in [1.807, 2.05) is 39.0 Å². The van der Waals surface area contributed by atoms with Crippen LogP contribution >= 0.6 is 0 Å². The van der Waals surface area contributed by atoms with Crippen LogP contribution in [0.3, 0.4) is 0 Å². The van der Waals surface area contributed by atoms with E-state index in [1.54, 1.807) is 37.3 Å². The second kappa shape index (κ2) is 11.4. The number of amides is 2. The number of nitrogens with zero attached hydrogens (tertiary/aromatic N) is 3. The standard InChI is InChI=1S/C26H35N3O6/c1-26(2,3)35-25(31)29-14-12-18(13-15-29)21-8-7-9-23(27-21)34-17-20-11-10-19(16-22(20)32-5)24(30)28(4)33-6/h7-11,16,18H,12-15,17H2,1-6H3. The molecule has 0 N–H and O–H groups in total. The molecule has 0 bridgehead atoms. The van der Waals surface area contributed by atoms with Crippen LogP contribution in [0.4, 0.5) is 4.79 Å². The molecule has 2 aromatic rings. The molecule has 0 atom stereocenters. The molecular formula is C26H35N3O6. The maximum Gasteiger partial charge on any atom is 0.410 e. The zero-order chi connectivity index (χ0) is 25.6. The van der Waals surface area contributed by atoms with Crippen molar-refractivity contribution >= 4 is 12.0 Å². The lowest BCUT2D eigenvalue weighted by Crippen LogP contribution is -2.41. The second-order valence-electron chi connectivity index (χ2n) is 9.44. The summed E-state index contributed by atoms with van der Waals surface area (Å²) >= 11 is 0. The number of ether oxygens (including phenoxy) is 3. The lowest BCUT2D eigenvalue weighted by molar-refractivity contribution is -0.0757. The number of hydroxylamine groups is 2. The maximum absolute atomic E-state index is 12.3. The van der Waals surface area contributed by atoms with E-state index in [0.29, 0.717) is 30.3 Å². The van der Waals surface area contributed by atoms with Gasteiger partial charge in [-0.25, -0.2) is 14.8 Å². The molecule has 1 aromatic carbocycles. The summed E-state index contributed by atoms with van der Waals surface area (Å²) in [7, 11) is 4.53. The van der Waals surface area contributed by atoms with Crippen molar-refractivity contribution in [2.75, 3.05) is 34.4 Å². The molecule has 1 saturated heterocycles. The van der Waals surface area contributed by atoms with Gasteiger partial charge in [0.15, 0.2) is 0 Å². The lowest BCUT2D eigenvalue weighted by atomic mass is 9.93. The predicted molar refractivity (Wildman–Crippen MR) is 130 cm³/mol. The van der Waals surface area contributed by atoms with Crippen LogP contribution in [0, 0.1) is 0 Å². The SMILES string of the molecule is COc1cc(C(=O)N(C)OC)ccc1COc1cccc(C2CCN(C(=O)OC(C)(C)C)CC2)n1. The van der Waals surface area contributed by atoms with E-state index in [-0.39, 0.29) is 24.5 Å². The summed E-state index contributed by atoms with van der Waals surface area (Å²) in [5.74, 6) is 1.03. The quantitative estimate of drug-likeness (QED) is 0.536. The molecule has 9 heteroatoms. The minimum absolute atomic E-state index is 0.241. The highest BCUT2D eigenvalue weighted by molar-refractivity contribution is 5.93.